The molecule has 0 saturated heterocycles. The molecule has 1 nitrogen and oxygen atoms in total. The van der Waals surface area contributed by atoms with Crippen molar-refractivity contribution in [3.8, 4) is 12.5 Å². The number of anilines is 1. The van der Waals surface area contributed by atoms with E-state index in [2.05, 4.69) is 16.4 Å². The van der Waals surface area contributed by atoms with Gasteiger partial charge in [-0.3, -0.25) is 0 Å². The third-order valence-corrected chi connectivity index (χ3v) is 2.72. The monoisotopic (exact) mass is 204 g/mol. The molecule has 0 N–H and O–H groups in total. The van der Waals surface area contributed by atoms with Crippen LogP contribution in [0.5, 0.6) is 0 Å². The molecule has 0 heterocycles. The summed E-state index contributed by atoms with van der Waals surface area (Å²) < 4.78 is 14.9. The summed E-state index contributed by atoms with van der Waals surface area (Å²) in [6, 6.07) is 4.15. The second kappa shape index (κ2) is 3.85. The molecule has 0 fully saturated rings. The SMILES string of the molecule is C#CN([Si])c1cc(C)c(F)c(C)c1C. The summed E-state index contributed by atoms with van der Waals surface area (Å²) in [5.74, 6) is -0.164. The lowest BCUT2D eigenvalue weighted by Gasteiger charge is -2.17. The Bertz CT molecular complexity index is 407. The minimum atomic E-state index is -0.164. The number of benzene rings is 1. The molecule has 1 aromatic rings. The van der Waals surface area contributed by atoms with E-state index in [1.165, 1.54) is 4.57 Å². The molecule has 0 unspecified atom stereocenters. The van der Waals surface area contributed by atoms with E-state index in [-0.39, 0.29) is 5.82 Å². The highest BCUT2D eigenvalue weighted by Gasteiger charge is 2.11. The Morgan fingerprint density at radius 3 is 2.43 bits per heavy atom. The number of hydrogen-bond donors (Lipinski definition) is 0. The molecule has 0 aliphatic carbocycles. The van der Waals surface area contributed by atoms with Gasteiger partial charge in [-0.2, -0.15) is 0 Å². The Labute approximate surface area is 87.4 Å². The van der Waals surface area contributed by atoms with Crippen molar-refractivity contribution in [2.24, 2.45) is 0 Å². The maximum absolute atomic E-state index is 13.5. The van der Waals surface area contributed by atoms with E-state index in [1.54, 1.807) is 19.9 Å². The van der Waals surface area contributed by atoms with Gasteiger partial charge in [-0.15, -0.1) is 0 Å². The van der Waals surface area contributed by atoms with Gasteiger partial charge in [-0.25, -0.2) is 4.39 Å². The van der Waals surface area contributed by atoms with Gasteiger partial charge in [0, 0.05) is 5.69 Å². The molecule has 3 radical (unpaired) electrons. The summed E-state index contributed by atoms with van der Waals surface area (Å²) in [6.45, 7) is 5.32. The smallest absolute Gasteiger partial charge is 0.209 e. The summed E-state index contributed by atoms with van der Waals surface area (Å²) in [7, 11) is 3.26. The number of aryl methyl sites for hydroxylation is 1. The molecule has 14 heavy (non-hydrogen) atoms. The van der Waals surface area contributed by atoms with E-state index in [0.717, 1.165) is 11.3 Å². The summed E-state index contributed by atoms with van der Waals surface area (Å²) in [5, 5.41) is 0. The van der Waals surface area contributed by atoms with Gasteiger partial charge in [-0.1, -0.05) is 6.42 Å². The van der Waals surface area contributed by atoms with Crippen LogP contribution in [-0.2, 0) is 0 Å². The Morgan fingerprint density at radius 2 is 1.93 bits per heavy atom. The highest BCUT2D eigenvalue weighted by molar-refractivity contribution is 6.20. The number of hydrogen-bond acceptors (Lipinski definition) is 1. The van der Waals surface area contributed by atoms with Crippen molar-refractivity contribution in [3.63, 3.8) is 0 Å². The van der Waals surface area contributed by atoms with Gasteiger partial charge in [0.25, 0.3) is 0 Å². The zero-order valence-corrected chi connectivity index (χ0v) is 9.48. The third kappa shape index (κ3) is 1.66. The van der Waals surface area contributed by atoms with E-state index in [4.69, 9.17) is 6.42 Å². The molecular weight excluding hydrogens is 193 g/mol. The maximum Gasteiger partial charge on any atom is 0.209 e. The van der Waals surface area contributed by atoms with Gasteiger partial charge in [0.15, 0.2) is 0 Å². The molecule has 0 aliphatic rings. The van der Waals surface area contributed by atoms with Gasteiger partial charge >= 0.3 is 0 Å². The van der Waals surface area contributed by atoms with E-state index in [9.17, 15) is 4.39 Å². The normalized spacial score (nSPS) is 9.71. The average Bonchev–Trinajstić information content (AvgIpc) is 2.19. The molecule has 1 aromatic carbocycles. The largest absolute Gasteiger partial charge is 0.332 e. The maximum atomic E-state index is 13.5. The number of nitrogens with zero attached hydrogens (tertiary/aromatic N) is 1. The predicted molar refractivity (Wildman–Crippen MR) is 57.7 cm³/mol. The van der Waals surface area contributed by atoms with Crippen LogP contribution in [0.1, 0.15) is 16.7 Å². The first-order chi connectivity index (χ1) is 6.49. The molecule has 0 aliphatic heterocycles. The first-order valence-electron chi connectivity index (χ1n) is 4.23. The van der Waals surface area contributed by atoms with Crippen LogP contribution in [0.3, 0.4) is 0 Å². The minimum Gasteiger partial charge on any atom is -0.332 e. The molecule has 1 rings (SSSR count). The molecule has 0 amide bonds. The molecule has 0 bridgehead atoms. The van der Waals surface area contributed by atoms with Crippen molar-refractivity contribution in [1.82, 2.24) is 0 Å². The van der Waals surface area contributed by atoms with Gasteiger partial charge in [-0.05, 0) is 49.6 Å². The van der Waals surface area contributed by atoms with Gasteiger partial charge < -0.3 is 4.57 Å². The molecule has 0 atom stereocenters. The fourth-order valence-electron chi connectivity index (χ4n) is 1.33. The Hall–Kier alpha value is -1.27. The lowest BCUT2D eigenvalue weighted by Crippen LogP contribution is -2.13. The topological polar surface area (TPSA) is 3.24 Å². The highest BCUT2D eigenvalue weighted by atomic mass is 28.2. The third-order valence-electron chi connectivity index (χ3n) is 2.35. The molecule has 0 aromatic heterocycles. The minimum absolute atomic E-state index is 0.164. The predicted octanol–water partition coefficient (Wildman–Crippen LogP) is 2.23. The Kier molecular flexibility index (Phi) is 2.97. The van der Waals surface area contributed by atoms with Crippen LogP contribution in [0, 0.1) is 39.1 Å². The van der Waals surface area contributed by atoms with E-state index in [0.29, 0.717) is 11.1 Å². The lowest BCUT2D eigenvalue weighted by molar-refractivity contribution is 0.608. The van der Waals surface area contributed by atoms with Gasteiger partial charge in [0.05, 0.1) is 0 Å². The summed E-state index contributed by atoms with van der Waals surface area (Å²) in [5.41, 5.74) is 2.89. The summed E-state index contributed by atoms with van der Waals surface area (Å²) in [6.07, 6.45) is 5.24. The van der Waals surface area contributed by atoms with Crippen LogP contribution in [0.25, 0.3) is 0 Å². The Morgan fingerprint density at radius 1 is 1.36 bits per heavy atom. The first kappa shape index (κ1) is 10.8. The molecular formula is C11H11FNSi. The van der Waals surface area contributed by atoms with Crippen molar-refractivity contribution in [2.75, 3.05) is 4.57 Å². The number of halogens is 1. The van der Waals surface area contributed by atoms with Crippen molar-refractivity contribution in [2.45, 2.75) is 20.8 Å². The highest BCUT2D eigenvalue weighted by Crippen LogP contribution is 2.26. The number of rotatable bonds is 1. The van der Waals surface area contributed by atoms with Crippen LogP contribution in [-0.4, -0.2) is 10.4 Å². The number of terminal acetylenes is 1. The van der Waals surface area contributed by atoms with Crippen LogP contribution < -0.4 is 4.57 Å². The zero-order chi connectivity index (χ0) is 10.9. The second-order valence-corrected chi connectivity index (χ2v) is 3.69. The second-order valence-electron chi connectivity index (χ2n) is 3.24. The van der Waals surface area contributed by atoms with Crippen LogP contribution in [0.2, 0.25) is 0 Å². The standard InChI is InChI=1S/C11H11FNSi/c1-5-13(14)10-6-7(2)11(12)9(4)8(10)3/h1,6H,2-4H3. The van der Waals surface area contributed by atoms with Crippen LogP contribution >= 0.6 is 0 Å². The van der Waals surface area contributed by atoms with E-state index < -0.39 is 0 Å². The fraction of sp³-hybridized carbons (Fsp3) is 0.273. The van der Waals surface area contributed by atoms with Gasteiger partial charge in [0.1, 0.15) is 5.82 Å². The van der Waals surface area contributed by atoms with Crippen LogP contribution in [0.15, 0.2) is 6.07 Å². The average molecular weight is 204 g/mol. The van der Waals surface area contributed by atoms with E-state index in [1.807, 2.05) is 6.92 Å². The van der Waals surface area contributed by atoms with E-state index >= 15 is 0 Å². The molecule has 3 heteroatoms. The van der Waals surface area contributed by atoms with Crippen molar-refractivity contribution < 1.29 is 4.39 Å². The zero-order valence-electron chi connectivity index (χ0n) is 8.48. The summed E-state index contributed by atoms with van der Waals surface area (Å²) in [4.78, 5) is 0. The molecule has 0 saturated carbocycles. The van der Waals surface area contributed by atoms with Crippen molar-refractivity contribution in [1.29, 1.82) is 0 Å². The summed E-state index contributed by atoms with van der Waals surface area (Å²) >= 11 is 0. The Balaban J connectivity index is 3.42. The molecule has 0 spiro atoms. The van der Waals surface area contributed by atoms with Gasteiger partial charge in [0.2, 0.25) is 10.4 Å². The van der Waals surface area contributed by atoms with Crippen molar-refractivity contribution in [3.05, 3.63) is 28.6 Å². The first-order valence-corrected chi connectivity index (χ1v) is 4.67. The lowest BCUT2D eigenvalue weighted by atomic mass is 10.0. The quantitative estimate of drug-likeness (QED) is 0.385. The fourth-order valence-corrected chi connectivity index (χ4v) is 1.56. The van der Waals surface area contributed by atoms with Crippen LogP contribution in [0.4, 0.5) is 10.1 Å². The molecule has 71 valence electrons. The van der Waals surface area contributed by atoms with Crippen molar-refractivity contribution >= 4 is 16.1 Å².